The van der Waals surface area contributed by atoms with Crippen LogP contribution in [0.1, 0.15) is 19.4 Å². The van der Waals surface area contributed by atoms with Gasteiger partial charge in [0.2, 0.25) is 0 Å². The lowest BCUT2D eigenvalue weighted by Crippen LogP contribution is -2.24. The van der Waals surface area contributed by atoms with Crippen LogP contribution in [0.25, 0.3) is 6.08 Å². The van der Waals surface area contributed by atoms with Gasteiger partial charge in [-0.05, 0) is 50.3 Å². The molecule has 0 radical (unpaired) electrons. The fraction of sp³-hybridized carbons (Fsp3) is 0.217. The van der Waals surface area contributed by atoms with Gasteiger partial charge in [-0.15, -0.1) is 0 Å². The molecule has 0 saturated carbocycles. The van der Waals surface area contributed by atoms with Crippen LogP contribution in [-0.4, -0.2) is 32.7 Å². The number of nitrogens with zero attached hydrogens (tertiary/aromatic N) is 1. The van der Waals surface area contributed by atoms with Crippen molar-refractivity contribution in [2.45, 2.75) is 13.8 Å². The summed E-state index contributed by atoms with van der Waals surface area (Å²) in [6, 6.07) is 14.5. The molecule has 29 heavy (non-hydrogen) atoms. The summed E-state index contributed by atoms with van der Waals surface area (Å²) >= 11 is 0. The molecule has 2 aromatic rings. The Hall–Kier alpha value is -3.54. The third-order valence-electron chi connectivity index (χ3n) is 4.63. The van der Waals surface area contributed by atoms with Gasteiger partial charge < -0.3 is 14.2 Å². The molecular weight excluding hydrogens is 370 g/mol. The maximum absolute atomic E-state index is 13.3. The molecule has 1 amide bonds. The van der Waals surface area contributed by atoms with E-state index in [1.807, 2.05) is 30.3 Å². The first kappa shape index (κ1) is 20.2. The quantitative estimate of drug-likeness (QED) is 0.549. The monoisotopic (exact) mass is 393 g/mol. The number of ether oxygens (including phenoxy) is 3. The molecule has 6 heteroatoms. The van der Waals surface area contributed by atoms with E-state index in [1.54, 1.807) is 52.3 Å². The summed E-state index contributed by atoms with van der Waals surface area (Å²) in [5, 5.41) is 0. The van der Waals surface area contributed by atoms with E-state index < -0.39 is 5.97 Å². The van der Waals surface area contributed by atoms with Crippen LogP contribution in [0.4, 0.5) is 5.69 Å². The second-order valence-corrected chi connectivity index (χ2v) is 6.32. The van der Waals surface area contributed by atoms with E-state index in [4.69, 9.17) is 14.2 Å². The SMILES string of the molecule is CCOC(=O)C1=C(C)N(c2ccccc2)C(=O)C1=Cc1cc(OC)ccc1OC. The van der Waals surface area contributed by atoms with Crippen molar-refractivity contribution in [3.05, 3.63) is 70.9 Å². The molecule has 6 nitrogen and oxygen atoms in total. The second-order valence-electron chi connectivity index (χ2n) is 6.32. The third kappa shape index (κ3) is 3.87. The van der Waals surface area contributed by atoms with Crippen LogP contribution in [0.15, 0.2) is 65.4 Å². The van der Waals surface area contributed by atoms with Crippen LogP contribution in [0.3, 0.4) is 0 Å². The van der Waals surface area contributed by atoms with Crippen molar-refractivity contribution in [3.63, 3.8) is 0 Å². The Morgan fingerprint density at radius 3 is 2.41 bits per heavy atom. The van der Waals surface area contributed by atoms with E-state index >= 15 is 0 Å². The molecular formula is C23H23NO5. The number of esters is 1. The molecule has 0 unspecified atom stereocenters. The normalized spacial score (nSPS) is 15.1. The van der Waals surface area contributed by atoms with Crippen molar-refractivity contribution in [2.24, 2.45) is 0 Å². The molecule has 0 spiro atoms. The van der Waals surface area contributed by atoms with E-state index in [0.29, 0.717) is 28.4 Å². The Morgan fingerprint density at radius 2 is 1.79 bits per heavy atom. The zero-order valence-corrected chi connectivity index (χ0v) is 16.9. The number of carbonyl (C=O) groups excluding carboxylic acids is 2. The topological polar surface area (TPSA) is 65.1 Å². The van der Waals surface area contributed by atoms with Gasteiger partial charge in [0.05, 0.1) is 32.0 Å². The highest BCUT2D eigenvalue weighted by atomic mass is 16.5. The number of rotatable bonds is 6. The van der Waals surface area contributed by atoms with Gasteiger partial charge in [0.1, 0.15) is 11.5 Å². The average molecular weight is 393 g/mol. The molecule has 0 fully saturated rings. The molecule has 0 atom stereocenters. The predicted molar refractivity (Wildman–Crippen MR) is 111 cm³/mol. The summed E-state index contributed by atoms with van der Waals surface area (Å²) in [5.74, 6) is 0.332. The number of amides is 1. The van der Waals surface area contributed by atoms with Gasteiger partial charge in [-0.25, -0.2) is 4.79 Å². The molecule has 1 aliphatic rings. The molecule has 0 bridgehead atoms. The van der Waals surface area contributed by atoms with Crippen LogP contribution in [0.5, 0.6) is 11.5 Å². The molecule has 1 heterocycles. The number of anilines is 1. The van der Waals surface area contributed by atoms with Crippen molar-refractivity contribution in [2.75, 3.05) is 25.7 Å². The number of para-hydroxylation sites is 1. The van der Waals surface area contributed by atoms with E-state index in [0.717, 1.165) is 0 Å². The van der Waals surface area contributed by atoms with Gasteiger partial charge in [-0.3, -0.25) is 9.69 Å². The van der Waals surface area contributed by atoms with Crippen LogP contribution in [0.2, 0.25) is 0 Å². The van der Waals surface area contributed by atoms with E-state index in [9.17, 15) is 9.59 Å². The van der Waals surface area contributed by atoms with Crippen LogP contribution < -0.4 is 14.4 Å². The lowest BCUT2D eigenvalue weighted by Gasteiger charge is -2.17. The number of allylic oxidation sites excluding steroid dienone is 1. The number of carbonyl (C=O) groups is 2. The minimum atomic E-state index is -0.537. The minimum absolute atomic E-state index is 0.213. The van der Waals surface area contributed by atoms with Crippen molar-refractivity contribution in [1.82, 2.24) is 0 Å². The lowest BCUT2D eigenvalue weighted by molar-refractivity contribution is -0.138. The average Bonchev–Trinajstić information content (AvgIpc) is 2.98. The van der Waals surface area contributed by atoms with Crippen molar-refractivity contribution >= 4 is 23.6 Å². The molecule has 3 rings (SSSR count). The van der Waals surface area contributed by atoms with Gasteiger partial charge in [-0.2, -0.15) is 0 Å². The van der Waals surface area contributed by atoms with Crippen molar-refractivity contribution in [1.29, 1.82) is 0 Å². The summed E-state index contributed by atoms with van der Waals surface area (Å²) in [6.45, 7) is 3.68. The van der Waals surface area contributed by atoms with Gasteiger partial charge in [0, 0.05) is 16.9 Å². The second kappa shape index (κ2) is 8.65. The largest absolute Gasteiger partial charge is 0.497 e. The maximum Gasteiger partial charge on any atom is 0.340 e. The lowest BCUT2D eigenvalue weighted by atomic mass is 10.0. The highest BCUT2D eigenvalue weighted by Crippen LogP contribution is 2.37. The molecule has 0 aliphatic carbocycles. The van der Waals surface area contributed by atoms with E-state index in [2.05, 4.69) is 0 Å². The Morgan fingerprint density at radius 1 is 1.07 bits per heavy atom. The van der Waals surface area contributed by atoms with Crippen LogP contribution in [0, 0.1) is 0 Å². The highest BCUT2D eigenvalue weighted by Gasteiger charge is 2.38. The molecule has 0 N–H and O–H groups in total. The maximum atomic E-state index is 13.3. The zero-order chi connectivity index (χ0) is 21.0. The molecule has 2 aromatic carbocycles. The van der Waals surface area contributed by atoms with Gasteiger partial charge in [0.15, 0.2) is 0 Å². The third-order valence-corrected chi connectivity index (χ3v) is 4.63. The summed E-state index contributed by atoms with van der Waals surface area (Å²) in [7, 11) is 3.11. The summed E-state index contributed by atoms with van der Waals surface area (Å²) in [5.41, 5.74) is 2.31. The van der Waals surface area contributed by atoms with Gasteiger partial charge in [-0.1, -0.05) is 18.2 Å². The fourth-order valence-corrected chi connectivity index (χ4v) is 3.28. The van der Waals surface area contributed by atoms with Crippen molar-refractivity contribution < 1.29 is 23.8 Å². The number of benzene rings is 2. The predicted octanol–water partition coefficient (Wildman–Crippen LogP) is 3.97. The first-order valence-electron chi connectivity index (χ1n) is 9.23. The Kier molecular flexibility index (Phi) is 6.02. The summed E-state index contributed by atoms with van der Waals surface area (Å²) < 4.78 is 15.9. The van der Waals surface area contributed by atoms with Gasteiger partial charge >= 0.3 is 5.97 Å². The van der Waals surface area contributed by atoms with Crippen molar-refractivity contribution in [3.8, 4) is 11.5 Å². The Labute approximate surface area is 170 Å². The number of hydrogen-bond donors (Lipinski definition) is 0. The first-order chi connectivity index (χ1) is 14.0. The standard InChI is InChI=1S/C23H23NO5/c1-5-29-23(26)21-15(2)24(17-9-7-6-8-10-17)22(25)19(21)14-16-13-18(27-3)11-12-20(16)28-4/h6-14H,5H2,1-4H3. The van der Waals surface area contributed by atoms with Crippen LogP contribution >= 0.6 is 0 Å². The smallest absolute Gasteiger partial charge is 0.340 e. The number of methoxy groups -OCH3 is 2. The zero-order valence-electron chi connectivity index (χ0n) is 16.9. The van der Waals surface area contributed by atoms with Crippen LogP contribution in [-0.2, 0) is 14.3 Å². The van der Waals surface area contributed by atoms with E-state index in [-0.39, 0.29) is 23.7 Å². The summed E-state index contributed by atoms with van der Waals surface area (Å²) in [6.07, 6.45) is 1.64. The fourth-order valence-electron chi connectivity index (χ4n) is 3.28. The minimum Gasteiger partial charge on any atom is -0.497 e. The molecule has 0 aromatic heterocycles. The molecule has 150 valence electrons. The highest BCUT2D eigenvalue weighted by molar-refractivity contribution is 6.23. The Bertz CT molecular complexity index is 992. The molecule has 0 saturated heterocycles. The Balaban J connectivity index is 2.17. The summed E-state index contributed by atoms with van der Waals surface area (Å²) in [4.78, 5) is 27.5. The first-order valence-corrected chi connectivity index (χ1v) is 9.23. The van der Waals surface area contributed by atoms with E-state index in [1.165, 1.54) is 4.90 Å². The number of hydrogen-bond acceptors (Lipinski definition) is 5. The molecule has 1 aliphatic heterocycles. The van der Waals surface area contributed by atoms with Gasteiger partial charge in [0.25, 0.3) is 5.91 Å².